The number of anilines is 2. The molecule has 1 heterocycles. The van der Waals surface area contributed by atoms with E-state index in [9.17, 15) is 0 Å². The van der Waals surface area contributed by atoms with Crippen molar-refractivity contribution in [1.29, 1.82) is 0 Å². The Kier molecular flexibility index (Phi) is 0.865. The van der Waals surface area contributed by atoms with E-state index in [1.807, 2.05) is 0 Å². The number of nitrogens with two attached hydrogens (primary N) is 2. The summed E-state index contributed by atoms with van der Waals surface area (Å²) < 4.78 is 1.61. The molecular weight excluding hydrogens is 104 g/mol. The molecule has 0 amide bonds. The molecular formula is C4H8N4. The zero-order valence-corrected chi connectivity index (χ0v) is 4.63. The highest BCUT2D eigenvalue weighted by molar-refractivity contribution is 5.35. The molecule has 0 unspecified atom stereocenters. The number of nitrogen functional groups attached to an aromatic ring is 2. The Morgan fingerprint density at radius 2 is 2.25 bits per heavy atom. The first kappa shape index (κ1) is 4.96. The molecule has 8 heavy (non-hydrogen) atoms. The van der Waals surface area contributed by atoms with Crippen LogP contribution in [0.25, 0.3) is 0 Å². The van der Waals surface area contributed by atoms with Gasteiger partial charge >= 0.3 is 0 Å². The van der Waals surface area contributed by atoms with E-state index in [0.717, 1.165) is 0 Å². The van der Waals surface area contributed by atoms with Crippen LogP contribution in [0.4, 0.5) is 11.8 Å². The number of aromatic nitrogens is 2. The summed E-state index contributed by atoms with van der Waals surface area (Å²) in [5.74, 6) is 1.03. The summed E-state index contributed by atoms with van der Waals surface area (Å²) >= 11 is 0. The van der Waals surface area contributed by atoms with E-state index in [-0.39, 0.29) is 0 Å². The first-order valence-corrected chi connectivity index (χ1v) is 2.24. The second-order valence-electron chi connectivity index (χ2n) is 1.60. The van der Waals surface area contributed by atoms with Crippen LogP contribution in [0.3, 0.4) is 0 Å². The summed E-state index contributed by atoms with van der Waals surface area (Å²) in [7, 11) is 1.76. The summed E-state index contributed by atoms with van der Waals surface area (Å²) in [6, 6.07) is 0. The Labute approximate surface area is 47.1 Å². The Morgan fingerprint density at radius 1 is 1.62 bits per heavy atom. The van der Waals surface area contributed by atoms with Crippen molar-refractivity contribution < 1.29 is 0 Å². The van der Waals surface area contributed by atoms with Crippen LogP contribution < -0.4 is 11.5 Å². The normalized spacial score (nSPS) is 9.62. The lowest BCUT2D eigenvalue weighted by molar-refractivity contribution is 0.942. The highest BCUT2D eigenvalue weighted by Crippen LogP contribution is 2.03. The molecule has 4 N–H and O–H groups in total. The molecule has 1 aromatic heterocycles. The monoisotopic (exact) mass is 112 g/mol. The minimum atomic E-state index is 0.447. The summed E-state index contributed by atoms with van der Waals surface area (Å²) in [5, 5.41) is 0. The van der Waals surface area contributed by atoms with E-state index in [1.165, 1.54) is 6.20 Å². The molecule has 0 aliphatic carbocycles. The molecule has 4 heteroatoms. The third kappa shape index (κ3) is 0.501. The fourth-order valence-corrected chi connectivity index (χ4v) is 0.438. The van der Waals surface area contributed by atoms with Crippen LogP contribution in [0.2, 0.25) is 0 Å². The van der Waals surface area contributed by atoms with Crippen LogP contribution >= 0.6 is 0 Å². The topological polar surface area (TPSA) is 69.9 Å². The molecule has 0 radical (unpaired) electrons. The maximum Gasteiger partial charge on any atom is 0.201 e. The predicted octanol–water partition coefficient (Wildman–Crippen LogP) is -0.415. The van der Waals surface area contributed by atoms with Crippen molar-refractivity contribution in [2.24, 2.45) is 7.05 Å². The molecule has 1 rings (SSSR count). The van der Waals surface area contributed by atoms with Crippen molar-refractivity contribution in [3.05, 3.63) is 6.20 Å². The first-order valence-electron chi connectivity index (χ1n) is 2.24. The van der Waals surface area contributed by atoms with E-state index in [4.69, 9.17) is 11.5 Å². The lowest BCUT2D eigenvalue weighted by Crippen LogP contribution is -2.00. The number of hydrogen-bond acceptors (Lipinski definition) is 3. The molecule has 0 saturated heterocycles. The Bertz CT molecular complexity index is 170. The Balaban J connectivity index is 3.19. The summed E-state index contributed by atoms with van der Waals surface area (Å²) in [6.07, 6.45) is 1.52. The molecule has 0 aromatic carbocycles. The lowest BCUT2D eigenvalue weighted by atomic mass is 10.8. The van der Waals surface area contributed by atoms with Gasteiger partial charge in [-0.3, -0.25) is 0 Å². The number of hydrogen-bond donors (Lipinski definition) is 2. The lowest BCUT2D eigenvalue weighted by Gasteiger charge is -1.93. The smallest absolute Gasteiger partial charge is 0.201 e. The van der Waals surface area contributed by atoms with Crippen LogP contribution in [-0.2, 0) is 7.05 Å². The van der Waals surface area contributed by atoms with Gasteiger partial charge in [0.25, 0.3) is 0 Å². The van der Waals surface area contributed by atoms with Gasteiger partial charge in [-0.25, -0.2) is 4.98 Å². The van der Waals surface area contributed by atoms with Gasteiger partial charge in [0.1, 0.15) is 5.82 Å². The zero-order chi connectivity index (χ0) is 6.15. The van der Waals surface area contributed by atoms with Gasteiger partial charge in [0.15, 0.2) is 0 Å². The second kappa shape index (κ2) is 1.40. The summed E-state index contributed by atoms with van der Waals surface area (Å²) in [4.78, 5) is 3.73. The van der Waals surface area contributed by atoms with Gasteiger partial charge in [-0.1, -0.05) is 0 Å². The highest BCUT2D eigenvalue weighted by atomic mass is 15.2. The predicted molar refractivity (Wildman–Crippen MR) is 32.0 cm³/mol. The molecule has 0 aliphatic rings. The largest absolute Gasteiger partial charge is 0.384 e. The highest BCUT2D eigenvalue weighted by Gasteiger charge is 1.94. The molecule has 0 atom stereocenters. The first-order chi connectivity index (χ1) is 3.72. The Morgan fingerprint density at radius 3 is 2.38 bits per heavy atom. The third-order valence-electron chi connectivity index (χ3n) is 1.06. The van der Waals surface area contributed by atoms with E-state index < -0.39 is 0 Å². The van der Waals surface area contributed by atoms with Crippen molar-refractivity contribution in [3.63, 3.8) is 0 Å². The van der Waals surface area contributed by atoms with Crippen molar-refractivity contribution in [2.75, 3.05) is 11.5 Å². The summed E-state index contributed by atoms with van der Waals surface area (Å²) in [5.41, 5.74) is 10.7. The van der Waals surface area contributed by atoms with Crippen LogP contribution in [0, 0.1) is 0 Å². The van der Waals surface area contributed by atoms with Gasteiger partial charge in [-0.15, -0.1) is 0 Å². The van der Waals surface area contributed by atoms with Gasteiger partial charge in [0.2, 0.25) is 5.95 Å². The van der Waals surface area contributed by atoms with E-state index >= 15 is 0 Å². The van der Waals surface area contributed by atoms with Crippen molar-refractivity contribution in [3.8, 4) is 0 Å². The molecule has 0 fully saturated rings. The van der Waals surface area contributed by atoms with E-state index in [0.29, 0.717) is 11.8 Å². The van der Waals surface area contributed by atoms with Crippen molar-refractivity contribution in [2.45, 2.75) is 0 Å². The Hall–Kier alpha value is -1.19. The molecule has 0 bridgehead atoms. The molecule has 44 valence electrons. The second-order valence-corrected chi connectivity index (χ2v) is 1.60. The van der Waals surface area contributed by atoms with Crippen LogP contribution in [0.1, 0.15) is 0 Å². The molecule has 4 nitrogen and oxygen atoms in total. The number of imidazole rings is 1. The van der Waals surface area contributed by atoms with Crippen LogP contribution in [0.15, 0.2) is 6.20 Å². The van der Waals surface area contributed by atoms with E-state index in [2.05, 4.69) is 4.98 Å². The van der Waals surface area contributed by atoms with Crippen LogP contribution in [0.5, 0.6) is 0 Å². The minimum absolute atomic E-state index is 0.447. The fourth-order valence-electron chi connectivity index (χ4n) is 0.438. The maximum atomic E-state index is 5.36. The zero-order valence-electron chi connectivity index (χ0n) is 4.63. The number of rotatable bonds is 0. The van der Waals surface area contributed by atoms with Gasteiger partial charge in [-0.05, 0) is 0 Å². The van der Waals surface area contributed by atoms with Crippen molar-refractivity contribution >= 4 is 11.8 Å². The van der Waals surface area contributed by atoms with Crippen molar-refractivity contribution in [1.82, 2.24) is 9.55 Å². The van der Waals surface area contributed by atoms with E-state index in [1.54, 1.807) is 11.6 Å². The van der Waals surface area contributed by atoms with Gasteiger partial charge < -0.3 is 16.0 Å². The molecule has 1 aromatic rings. The minimum Gasteiger partial charge on any atom is -0.384 e. The summed E-state index contributed by atoms with van der Waals surface area (Å²) in [6.45, 7) is 0. The fraction of sp³-hybridized carbons (Fsp3) is 0.250. The average Bonchev–Trinajstić information content (AvgIpc) is 1.98. The van der Waals surface area contributed by atoms with Gasteiger partial charge in [-0.2, -0.15) is 0 Å². The van der Waals surface area contributed by atoms with Gasteiger partial charge in [0.05, 0.1) is 6.20 Å². The average molecular weight is 112 g/mol. The van der Waals surface area contributed by atoms with Crippen LogP contribution in [-0.4, -0.2) is 9.55 Å². The third-order valence-corrected chi connectivity index (χ3v) is 1.06. The molecule has 0 spiro atoms. The standard InChI is InChI=1S/C4H8N4/c1-8-3(5)2-7-4(8)6/h2H,5H2,1H3,(H2,6,7). The SMILES string of the molecule is Cn1c(N)cnc1N. The molecule has 0 saturated carbocycles. The molecule has 0 aliphatic heterocycles. The van der Waals surface area contributed by atoms with Gasteiger partial charge in [0, 0.05) is 7.05 Å². The number of nitrogens with zero attached hydrogens (tertiary/aromatic N) is 2. The maximum absolute atomic E-state index is 5.36. The quantitative estimate of drug-likeness (QED) is 0.479.